The van der Waals surface area contributed by atoms with Crippen LogP contribution in [0.25, 0.3) is 111 Å². The van der Waals surface area contributed by atoms with Crippen LogP contribution < -0.4 is 0 Å². The maximum atomic E-state index is 8.99. The molecule has 0 amide bonds. The molecule has 0 radical (unpaired) electrons. The van der Waals surface area contributed by atoms with Gasteiger partial charge in [-0.1, -0.05) is 158 Å². The number of benzene rings is 9. The maximum Gasteiger partial charge on any atom is 0.164 e. The summed E-state index contributed by atoms with van der Waals surface area (Å²) in [6.07, 6.45) is 0. The Morgan fingerprint density at radius 3 is 1.63 bits per heavy atom. The Bertz CT molecular complexity index is 3560. The molecule has 0 saturated carbocycles. The highest BCUT2D eigenvalue weighted by Crippen LogP contribution is 2.41. The lowest BCUT2D eigenvalue weighted by Crippen LogP contribution is -2.01. The molecule has 0 bridgehead atoms. The van der Waals surface area contributed by atoms with E-state index in [-0.39, 0.29) is 17.2 Å². The molecule has 2 heterocycles. The summed E-state index contributed by atoms with van der Waals surface area (Å²) in [7, 11) is 0. The SMILES string of the molecule is [2H]c1c([2H])c([2H])c(-c2nc(-c3cc(-c4ccccc4)cc(-c4cccc5c4oc4cc6ccccc6cc45)c3)nc(-c3cc4ccccc4cc3-c3ccccc3)n2)c([2H])c1[2H]. The van der Waals surface area contributed by atoms with Gasteiger partial charge in [-0.05, 0) is 91.8 Å². The predicted octanol–water partition coefficient (Wildman–Crippen LogP) is 14.1. The minimum atomic E-state index is -0.493. The molecule has 0 saturated heterocycles. The van der Waals surface area contributed by atoms with Crippen LogP contribution in [-0.2, 0) is 0 Å². The fourth-order valence-electron chi connectivity index (χ4n) is 7.80. The summed E-state index contributed by atoms with van der Waals surface area (Å²) in [6.45, 7) is 0. The van der Waals surface area contributed by atoms with Crippen molar-refractivity contribution in [3.8, 4) is 67.5 Å². The molecular weight excluding hydrogens is 695 g/mol. The van der Waals surface area contributed by atoms with Crippen LogP contribution in [0.15, 0.2) is 204 Å². The zero-order chi connectivity index (χ0) is 42.1. The van der Waals surface area contributed by atoms with E-state index in [4.69, 9.17) is 26.2 Å². The van der Waals surface area contributed by atoms with Crippen LogP contribution in [0.5, 0.6) is 0 Å². The average molecular weight is 733 g/mol. The fraction of sp³-hybridized carbons (Fsp3) is 0. The van der Waals surface area contributed by atoms with Crippen LogP contribution >= 0.6 is 0 Å². The average Bonchev–Trinajstić information content (AvgIpc) is 3.69. The van der Waals surface area contributed by atoms with Crippen LogP contribution in [0, 0.1) is 0 Å². The molecule has 57 heavy (non-hydrogen) atoms. The molecule has 0 aliphatic carbocycles. The summed E-state index contributed by atoms with van der Waals surface area (Å²) < 4.78 is 50.1. The number of nitrogens with zero attached hydrogens (tertiary/aromatic N) is 3. The number of hydrogen-bond acceptors (Lipinski definition) is 4. The largest absolute Gasteiger partial charge is 0.455 e. The number of furan rings is 1. The Labute approximate surface area is 336 Å². The third kappa shape index (κ3) is 5.92. The standard InChI is InChI=1S/C53H33N3O/c1-4-15-34(16-5-1)41-27-42(44-25-14-26-45-47-31-38-22-12-13-24-40(38)33-49(47)57-50(44)45)29-43(28-41)52-54-51(36-19-8-3-9-20-36)55-53(56-52)48-32-39-23-11-10-21-37(39)30-46(48)35-17-6-2-7-18-35/h1-33H/i3D,8D,9D,19D,20D. The van der Waals surface area contributed by atoms with Crippen molar-refractivity contribution in [1.29, 1.82) is 0 Å². The van der Waals surface area contributed by atoms with Gasteiger partial charge in [0.05, 0.1) is 6.85 Å². The van der Waals surface area contributed by atoms with Crippen molar-refractivity contribution in [2.45, 2.75) is 0 Å². The lowest BCUT2D eigenvalue weighted by atomic mass is 9.94. The van der Waals surface area contributed by atoms with Gasteiger partial charge >= 0.3 is 0 Å². The lowest BCUT2D eigenvalue weighted by Gasteiger charge is -2.15. The lowest BCUT2D eigenvalue weighted by molar-refractivity contribution is 0.670. The van der Waals surface area contributed by atoms with Crippen LogP contribution in [0.2, 0.25) is 0 Å². The van der Waals surface area contributed by atoms with Gasteiger partial charge in [0, 0.05) is 33.0 Å². The first-order valence-electron chi connectivity index (χ1n) is 21.3. The Morgan fingerprint density at radius 1 is 0.351 bits per heavy atom. The first-order chi connectivity index (χ1) is 30.3. The van der Waals surface area contributed by atoms with Crippen molar-refractivity contribution >= 4 is 43.5 Å². The zero-order valence-electron chi connectivity index (χ0n) is 35.4. The van der Waals surface area contributed by atoms with E-state index in [1.165, 1.54) is 0 Å². The summed E-state index contributed by atoms with van der Waals surface area (Å²) in [5, 5.41) is 6.23. The molecular formula is C53H33N3O. The number of hydrogen-bond donors (Lipinski definition) is 0. The monoisotopic (exact) mass is 732 g/mol. The predicted molar refractivity (Wildman–Crippen MR) is 235 cm³/mol. The van der Waals surface area contributed by atoms with E-state index in [0.717, 1.165) is 76.9 Å². The van der Waals surface area contributed by atoms with Gasteiger partial charge in [-0.25, -0.2) is 15.0 Å². The van der Waals surface area contributed by atoms with E-state index in [1.54, 1.807) is 0 Å². The second kappa shape index (κ2) is 13.6. The molecule has 0 spiro atoms. The van der Waals surface area contributed by atoms with Gasteiger partial charge in [0.1, 0.15) is 11.2 Å². The van der Waals surface area contributed by atoms with E-state index in [9.17, 15) is 0 Å². The van der Waals surface area contributed by atoms with Crippen molar-refractivity contribution in [2.75, 3.05) is 0 Å². The Morgan fingerprint density at radius 2 is 0.912 bits per heavy atom. The van der Waals surface area contributed by atoms with Gasteiger partial charge < -0.3 is 4.42 Å². The summed E-state index contributed by atoms with van der Waals surface area (Å²) in [6, 6.07) is 54.9. The van der Waals surface area contributed by atoms with E-state index in [2.05, 4.69) is 54.6 Å². The highest BCUT2D eigenvalue weighted by Gasteiger charge is 2.20. The molecule has 11 aromatic rings. The van der Waals surface area contributed by atoms with E-state index >= 15 is 0 Å². The molecule has 0 N–H and O–H groups in total. The van der Waals surface area contributed by atoms with E-state index in [1.807, 2.05) is 115 Å². The van der Waals surface area contributed by atoms with Gasteiger partial charge in [-0.2, -0.15) is 0 Å². The topological polar surface area (TPSA) is 51.8 Å². The molecule has 4 heteroatoms. The van der Waals surface area contributed by atoms with Gasteiger partial charge in [0.25, 0.3) is 0 Å². The first kappa shape index (κ1) is 27.8. The Hall–Kier alpha value is -7.69. The molecule has 0 atom stereocenters. The molecule has 0 fully saturated rings. The molecule has 4 nitrogen and oxygen atoms in total. The smallest absolute Gasteiger partial charge is 0.164 e. The van der Waals surface area contributed by atoms with Crippen molar-refractivity contribution < 1.29 is 11.3 Å². The number of fused-ring (bicyclic) bond motifs is 5. The third-order valence-corrected chi connectivity index (χ3v) is 10.5. The molecule has 0 aliphatic heterocycles. The summed E-state index contributed by atoms with van der Waals surface area (Å²) in [5.74, 6) is 0.526. The van der Waals surface area contributed by atoms with Crippen molar-refractivity contribution in [3.63, 3.8) is 0 Å². The summed E-state index contributed by atoms with van der Waals surface area (Å²) in [4.78, 5) is 15.2. The van der Waals surface area contributed by atoms with E-state index < -0.39 is 30.2 Å². The second-order valence-corrected chi connectivity index (χ2v) is 14.1. The summed E-state index contributed by atoms with van der Waals surface area (Å²) >= 11 is 0. The maximum absolute atomic E-state index is 8.99. The van der Waals surface area contributed by atoms with Crippen molar-refractivity contribution in [2.24, 2.45) is 0 Å². The number of para-hydroxylation sites is 1. The minimum Gasteiger partial charge on any atom is -0.455 e. The highest BCUT2D eigenvalue weighted by molar-refractivity contribution is 6.13. The van der Waals surface area contributed by atoms with Crippen LogP contribution in [-0.4, -0.2) is 15.0 Å². The van der Waals surface area contributed by atoms with Crippen molar-refractivity contribution in [1.82, 2.24) is 15.0 Å². The second-order valence-electron chi connectivity index (χ2n) is 14.1. The minimum absolute atomic E-state index is 0.0349. The molecule has 2 aromatic heterocycles. The van der Waals surface area contributed by atoms with Gasteiger partial charge in [-0.15, -0.1) is 0 Å². The van der Waals surface area contributed by atoms with Crippen molar-refractivity contribution in [3.05, 3.63) is 200 Å². The van der Waals surface area contributed by atoms with Crippen LogP contribution in [0.3, 0.4) is 0 Å². The molecule has 9 aromatic carbocycles. The van der Waals surface area contributed by atoms with Crippen LogP contribution in [0.1, 0.15) is 6.85 Å². The third-order valence-electron chi connectivity index (χ3n) is 10.5. The number of rotatable bonds is 6. The number of aromatic nitrogens is 3. The molecule has 0 unspecified atom stereocenters. The molecule has 11 rings (SSSR count). The van der Waals surface area contributed by atoms with Gasteiger partial charge in [0.15, 0.2) is 17.5 Å². The van der Waals surface area contributed by atoms with Gasteiger partial charge in [-0.3, -0.25) is 0 Å². The molecule has 0 aliphatic rings. The highest BCUT2D eigenvalue weighted by atomic mass is 16.3. The molecule has 266 valence electrons. The first-order valence-corrected chi connectivity index (χ1v) is 18.8. The van der Waals surface area contributed by atoms with Crippen LogP contribution in [0.4, 0.5) is 0 Å². The Kier molecular flexibility index (Phi) is 6.62. The Balaban J connectivity index is 1.20. The van der Waals surface area contributed by atoms with Gasteiger partial charge in [0.2, 0.25) is 0 Å². The quantitative estimate of drug-likeness (QED) is 0.171. The van der Waals surface area contributed by atoms with E-state index in [0.29, 0.717) is 17.0 Å². The fourth-order valence-corrected chi connectivity index (χ4v) is 7.80. The normalized spacial score (nSPS) is 12.7. The summed E-state index contributed by atoms with van der Waals surface area (Å²) in [5.41, 5.74) is 8.19. The zero-order valence-corrected chi connectivity index (χ0v) is 30.4.